The molecule has 2 aromatic heterocycles. The van der Waals surface area contributed by atoms with Gasteiger partial charge in [0.15, 0.2) is 23.1 Å². The minimum absolute atomic E-state index is 0.193. The number of amides is 1. The van der Waals surface area contributed by atoms with Gasteiger partial charge in [-0.15, -0.1) is 0 Å². The van der Waals surface area contributed by atoms with Gasteiger partial charge < -0.3 is 20.5 Å². The monoisotopic (exact) mass is 365 g/mol. The van der Waals surface area contributed by atoms with Crippen molar-refractivity contribution in [2.45, 2.75) is 0 Å². The van der Waals surface area contributed by atoms with Crippen LogP contribution in [-0.4, -0.2) is 27.7 Å². The third kappa shape index (κ3) is 3.49. The quantitative estimate of drug-likeness (QED) is 0.498. The van der Waals surface area contributed by atoms with E-state index in [0.717, 1.165) is 0 Å². The number of fused-ring (bicyclic) bond motifs is 1. The van der Waals surface area contributed by atoms with Gasteiger partial charge in [0.05, 0.1) is 0 Å². The molecule has 136 valence electrons. The van der Waals surface area contributed by atoms with Gasteiger partial charge in [0.2, 0.25) is 6.79 Å². The van der Waals surface area contributed by atoms with Crippen LogP contribution in [0.5, 0.6) is 11.5 Å². The summed E-state index contributed by atoms with van der Waals surface area (Å²) < 4.78 is 10.6. The van der Waals surface area contributed by atoms with Crippen LogP contribution in [0.25, 0.3) is 0 Å². The maximum atomic E-state index is 12.1. The van der Waals surface area contributed by atoms with Crippen LogP contribution < -0.4 is 31.4 Å². The highest BCUT2D eigenvalue weighted by Crippen LogP contribution is 2.35. The van der Waals surface area contributed by atoms with Crippen molar-refractivity contribution in [1.82, 2.24) is 20.4 Å². The molecule has 0 saturated carbocycles. The predicted octanol–water partition coefficient (Wildman–Crippen LogP) is 1.68. The molecule has 1 aromatic carbocycles. The van der Waals surface area contributed by atoms with Crippen molar-refractivity contribution in [2.75, 3.05) is 23.3 Å². The van der Waals surface area contributed by atoms with Gasteiger partial charge >= 0.3 is 0 Å². The number of hydrazine groups is 1. The van der Waals surface area contributed by atoms with Crippen molar-refractivity contribution >= 4 is 28.9 Å². The minimum atomic E-state index is -0.418. The van der Waals surface area contributed by atoms with Crippen LogP contribution in [0.2, 0.25) is 0 Å². The molecule has 10 heteroatoms. The second-order valence-electron chi connectivity index (χ2n) is 5.47. The highest BCUT2D eigenvalue weighted by atomic mass is 16.7. The van der Waals surface area contributed by atoms with Gasteiger partial charge in [-0.05, 0) is 24.3 Å². The first-order valence-corrected chi connectivity index (χ1v) is 7.95. The first-order valence-electron chi connectivity index (χ1n) is 7.95. The molecular weight excluding hydrogens is 350 g/mol. The van der Waals surface area contributed by atoms with Gasteiger partial charge in [0.1, 0.15) is 17.7 Å². The van der Waals surface area contributed by atoms with Gasteiger partial charge in [0, 0.05) is 18.0 Å². The number of nitrogens with zero attached hydrogens (tertiary/aromatic N) is 3. The fraction of sp³-hybridized carbons (Fsp3) is 0.0588. The second kappa shape index (κ2) is 7.04. The third-order valence-corrected chi connectivity index (χ3v) is 3.71. The van der Waals surface area contributed by atoms with E-state index in [2.05, 4.69) is 31.1 Å². The molecule has 0 bridgehead atoms. The fourth-order valence-electron chi connectivity index (χ4n) is 2.38. The zero-order chi connectivity index (χ0) is 18.6. The predicted molar refractivity (Wildman–Crippen MR) is 97.6 cm³/mol. The van der Waals surface area contributed by atoms with Gasteiger partial charge in [-0.2, -0.15) is 0 Å². The third-order valence-electron chi connectivity index (χ3n) is 3.71. The molecule has 4 rings (SSSR count). The molecule has 0 spiro atoms. The van der Waals surface area contributed by atoms with E-state index in [4.69, 9.17) is 15.2 Å². The number of rotatable bonds is 5. The molecule has 0 fully saturated rings. The van der Waals surface area contributed by atoms with E-state index >= 15 is 0 Å². The average molecular weight is 365 g/mol. The number of nitrogens with two attached hydrogens (primary N) is 1. The summed E-state index contributed by atoms with van der Waals surface area (Å²) in [5.41, 5.74) is 12.5. The number of hydrogen-bond acceptors (Lipinski definition) is 9. The van der Waals surface area contributed by atoms with Crippen LogP contribution in [0.4, 0.5) is 23.0 Å². The zero-order valence-electron chi connectivity index (χ0n) is 14.0. The molecule has 0 unspecified atom stereocenters. The van der Waals surface area contributed by atoms with Crippen molar-refractivity contribution in [1.29, 1.82) is 0 Å². The number of ether oxygens (including phenoxy) is 2. The van der Waals surface area contributed by atoms with Gasteiger partial charge in [-0.25, -0.2) is 9.97 Å². The van der Waals surface area contributed by atoms with Crippen molar-refractivity contribution in [3.63, 3.8) is 0 Å². The fourth-order valence-corrected chi connectivity index (χ4v) is 2.38. The number of benzene rings is 1. The minimum Gasteiger partial charge on any atom is -0.454 e. The number of hydrogen-bond donors (Lipinski definition) is 4. The standard InChI is InChI=1S/C17H15N7O3/c18-14-15(22-10-4-5-12-13(7-10)27-9-26-12)20-8-21-16(14)23-24-17(25)11-3-1-2-6-19-11/h1-8H,9,18H2,(H,24,25)(H2,20,21,22,23). The van der Waals surface area contributed by atoms with Crippen molar-refractivity contribution in [3.05, 3.63) is 54.6 Å². The van der Waals surface area contributed by atoms with E-state index in [1.165, 1.54) is 12.5 Å². The number of carbonyl (C=O) groups excluding carboxylic acids is 1. The van der Waals surface area contributed by atoms with Crippen LogP contribution in [0.15, 0.2) is 48.9 Å². The Morgan fingerprint density at radius 1 is 1.04 bits per heavy atom. The SMILES string of the molecule is Nc1c(NNC(=O)c2ccccn2)ncnc1Nc1ccc2c(c1)OCO2. The number of aromatic nitrogens is 3. The summed E-state index contributed by atoms with van der Waals surface area (Å²) >= 11 is 0. The Balaban J connectivity index is 1.47. The summed E-state index contributed by atoms with van der Waals surface area (Å²) in [4.78, 5) is 24.2. The van der Waals surface area contributed by atoms with Crippen LogP contribution in [0.1, 0.15) is 10.5 Å². The molecule has 3 aromatic rings. The maximum absolute atomic E-state index is 12.1. The summed E-state index contributed by atoms with van der Waals surface area (Å²) in [6.45, 7) is 0.193. The first-order chi connectivity index (χ1) is 13.2. The van der Waals surface area contributed by atoms with Gasteiger partial charge in [0.25, 0.3) is 5.91 Å². The normalized spacial score (nSPS) is 11.7. The van der Waals surface area contributed by atoms with E-state index in [1.807, 2.05) is 6.07 Å². The molecule has 0 aliphatic carbocycles. The Labute approximate surface area is 153 Å². The van der Waals surface area contributed by atoms with Crippen molar-refractivity contribution in [2.24, 2.45) is 0 Å². The summed E-state index contributed by atoms with van der Waals surface area (Å²) in [7, 11) is 0. The summed E-state index contributed by atoms with van der Waals surface area (Å²) in [6.07, 6.45) is 2.85. The lowest BCUT2D eigenvalue weighted by molar-refractivity contribution is 0.0957. The largest absolute Gasteiger partial charge is 0.454 e. The zero-order valence-corrected chi connectivity index (χ0v) is 14.0. The molecule has 0 saturated heterocycles. The molecule has 0 atom stereocenters. The molecule has 0 radical (unpaired) electrons. The number of carbonyl (C=O) groups is 1. The number of nitrogens with one attached hydrogen (secondary N) is 3. The van der Waals surface area contributed by atoms with E-state index in [1.54, 1.807) is 30.3 Å². The Kier molecular flexibility index (Phi) is 4.27. The Morgan fingerprint density at radius 3 is 2.74 bits per heavy atom. The average Bonchev–Trinajstić information content (AvgIpc) is 3.17. The summed E-state index contributed by atoms with van der Waals surface area (Å²) in [5, 5.41) is 3.08. The number of pyridine rings is 1. The van der Waals surface area contributed by atoms with Crippen LogP contribution in [0, 0.1) is 0 Å². The van der Waals surface area contributed by atoms with E-state index in [-0.39, 0.29) is 24.0 Å². The van der Waals surface area contributed by atoms with E-state index in [0.29, 0.717) is 23.0 Å². The lowest BCUT2D eigenvalue weighted by Gasteiger charge is -2.13. The summed E-state index contributed by atoms with van der Waals surface area (Å²) in [6, 6.07) is 10.4. The Morgan fingerprint density at radius 2 is 1.89 bits per heavy atom. The van der Waals surface area contributed by atoms with E-state index in [9.17, 15) is 4.79 Å². The van der Waals surface area contributed by atoms with Gasteiger partial charge in [-0.3, -0.25) is 20.6 Å². The Hall–Kier alpha value is -4.08. The van der Waals surface area contributed by atoms with E-state index < -0.39 is 5.91 Å². The molecule has 1 amide bonds. The van der Waals surface area contributed by atoms with Crippen LogP contribution >= 0.6 is 0 Å². The number of nitrogen functional groups attached to an aromatic ring is 1. The van der Waals surface area contributed by atoms with Gasteiger partial charge in [-0.1, -0.05) is 6.07 Å². The summed E-state index contributed by atoms with van der Waals surface area (Å²) in [5.74, 6) is 1.51. The molecule has 1 aliphatic heterocycles. The first kappa shape index (κ1) is 16.4. The second-order valence-corrected chi connectivity index (χ2v) is 5.47. The molecule has 1 aliphatic rings. The highest BCUT2D eigenvalue weighted by molar-refractivity contribution is 5.93. The molecule has 5 N–H and O–H groups in total. The van der Waals surface area contributed by atoms with Crippen molar-refractivity contribution in [3.8, 4) is 11.5 Å². The molecule has 27 heavy (non-hydrogen) atoms. The lowest BCUT2D eigenvalue weighted by atomic mass is 10.2. The lowest BCUT2D eigenvalue weighted by Crippen LogP contribution is -2.31. The van der Waals surface area contributed by atoms with Crippen LogP contribution in [0.3, 0.4) is 0 Å². The Bertz CT molecular complexity index is 982. The highest BCUT2D eigenvalue weighted by Gasteiger charge is 2.15. The van der Waals surface area contributed by atoms with Crippen molar-refractivity contribution < 1.29 is 14.3 Å². The number of anilines is 4. The molecule has 3 heterocycles. The smallest absolute Gasteiger partial charge is 0.288 e. The maximum Gasteiger partial charge on any atom is 0.288 e. The molecular formula is C17H15N7O3. The molecule has 10 nitrogen and oxygen atoms in total. The topological polar surface area (TPSA) is 136 Å². The van der Waals surface area contributed by atoms with Crippen LogP contribution in [-0.2, 0) is 0 Å².